The Labute approximate surface area is 180 Å². The summed E-state index contributed by atoms with van der Waals surface area (Å²) in [5.74, 6) is -1.03. The van der Waals surface area contributed by atoms with Gasteiger partial charge < -0.3 is 9.90 Å². The molecule has 0 amide bonds. The molecule has 0 aliphatic rings. The van der Waals surface area contributed by atoms with E-state index in [1.54, 1.807) is 0 Å². The van der Waals surface area contributed by atoms with E-state index in [1.807, 2.05) is 12.1 Å². The largest absolute Gasteiger partial charge is 1.00 e. The second kappa shape index (κ2) is 13.7. The number of hydrogen-bond acceptors (Lipinski definition) is 4. The van der Waals surface area contributed by atoms with Crippen LogP contribution in [0.2, 0.25) is 0 Å². The number of unbranched alkanes of at least 4 members (excludes halogenated alkanes) is 4. The summed E-state index contributed by atoms with van der Waals surface area (Å²) in [5, 5.41) is 10.4. The summed E-state index contributed by atoms with van der Waals surface area (Å²) in [4.78, 5) is 10.4. The third-order valence-electron chi connectivity index (χ3n) is 4.21. The van der Waals surface area contributed by atoms with E-state index in [2.05, 4.69) is 19.1 Å². The van der Waals surface area contributed by atoms with Crippen molar-refractivity contribution in [2.24, 2.45) is 0 Å². The molecule has 0 N–H and O–H groups in total. The Morgan fingerprint density at radius 3 is 2.12 bits per heavy atom. The number of benzene rings is 1. The monoisotopic (exact) mass is 391 g/mol. The first-order valence-corrected chi connectivity index (χ1v) is 10.9. The molecule has 5 nitrogen and oxygen atoms in total. The Hall–Kier alpha value is -0.400. The molecule has 0 aromatic heterocycles. The first-order valence-electron chi connectivity index (χ1n) is 9.05. The zero-order chi connectivity index (χ0) is 18.7. The SMILES string of the molecule is CCCCc1ccc(CN(CCCCCCC(=O)[O-])S(C)(=O)=O)cc1.[Na+]. The van der Waals surface area contributed by atoms with Gasteiger partial charge in [-0.05, 0) is 43.2 Å². The Morgan fingerprint density at radius 1 is 1.00 bits per heavy atom. The molecule has 1 rings (SSSR count). The summed E-state index contributed by atoms with van der Waals surface area (Å²) in [6.45, 7) is 3.00. The molecule has 26 heavy (non-hydrogen) atoms. The number of carboxylic acid groups (broad SMARTS) is 1. The molecule has 0 radical (unpaired) electrons. The van der Waals surface area contributed by atoms with Crippen LogP contribution >= 0.6 is 0 Å². The normalized spacial score (nSPS) is 11.3. The number of nitrogens with zero attached hydrogens (tertiary/aromatic N) is 1. The molecule has 0 heterocycles. The van der Waals surface area contributed by atoms with Gasteiger partial charge in [0.25, 0.3) is 0 Å². The average Bonchev–Trinajstić information content (AvgIpc) is 2.54. The van der Waals surface area contributed by atoms with Crippen molar-refractivity contribution in [1.29, 1.82) is 0 Å². The summed E-state index contributed by atoms with van der Waals surface area (Å²) in [5.41, 5.74) is 2.27. The Kier molecular flexibility index (Phi) is 13.5. The molecular formula is C19H30NNaO4S. The fraction of sp³-hybridized carbons (Fsp3) is 0.632. The molecule has 0 unspecified atom stereocenters. The number of hydrogen-bond donors (Lipinski definition) is 0. The van der Waals surface area contributed by atoms with Crippen molar-refractivity contribution in [3.63, 3.8) is 0 Å². The van der Waals surface area contributed by atoms with Gasteiger partial charge in [-0.1, -0.05) is 50.5 Å². The fourth-order valence-electron chi connectivity index (χ4n) is 2.67. The van der Waals surface area contributed by atoms with Gasteiger partial charge in [0.1, 0.15) is 0 Å². The number of rotatable bonds is 13. The first kappa shape index (κ1) is 25.6. The van der Waals surface area contributed by atoms with Gasteiger partial charge >= 0.3 is 29.6 Å². The van der Waals surface area contributed by atoms with E-state index in [-0.39, 0.29) is 36.0 Å². The maximum atomic E-state index is 12.0. The van der Waals surface area contributed by atoms with Crippen LogP contribution in [-0.2, 0) is 27.8 Å². The molecule has 142 valence electrons. The van der Waals surface area contributed by atoms with Crippen LogP contribution in [0.15, 0.2) is 24.3 Å². The molecular weight excluding hydrogens is 361 g/mol. The van der Waals surface area contributed by atoms with Crippen LogP contribution in [0.25, 0.3) is 0 Å². The van der Waals surface area contributed by atoms with Crippen molar-refractivity contribution in [1.82, 2.24) is 4.31 Å². The van der Waals surface area contributed by atoms with E-state index in [4.69, 9.17) is 0 Å². The second-order valence-electron chi connectivity index (χ2n) is 6.55. The summed E-state index contributed by atoms with van der Waals surface area (Å²) >= 11 is 0. The number of carbonyl (C=O) groups excluding carboxylic acids is 1. The van der Waals surface area contributed by atoms with Gasteiger partial charge in [-0.25, -0.2) is 8.42 Å². The van der Waals surface area contributed by atoms with Gasteiger partial charge in [-0.15, -0.1) is 0 Å². The molecule has 0 atom stereocenters. The van der Waals surface area contributed by atoms with Crippen molar-refractivity contribution in [2.75, 3.05) is 12.8 Å². The van der Waals surface area contributed by atoms with E-state index in [9.17, 15) is 18.3 Å². The van der Waals surface area contributed by atoms with Gasteiger partial charge in [0.15, 0.2) is 0 Å². The summed E-state index contributed by atoms with van der Waals surface area (Å²) in [6, 6.07) is 8.16. The third kappa shape index (κ3) is 11.3. The maximum Gasteiger partial charge on any atom is 1.00 e. The van der Waals surface area contributed by atoms with Crippen LogP contribution in [0.3, 0.4) is 0 Å². The van der Waals surface area contributed by atoms with Gasteiger partial charge in [0.05, 0.1) is 6.26 Å². The van der Waals surface area contributed by atoms with Crippen LogP contribution < -0.4 is 34.7 Å². The van der Waals surface area contributed by atoms with Crippen LogP contribution in [0.4, 0.5) is 0 Å². The van der Waals surface area contributed by atoms with Gasteiger partial charge in [-0.2, -0.15) is 4.31 Å². The molecule has 0 spiro atoms. The molecule has 0 saturated carbocycles. The van der Waals surface area contributed by atoms with Crippen LogP contribution in [0.5, 0.6) is 0 Å². The molecule has 0 bridgehead atoms. The van der Waals surface area contributed by atoms with Gasteiger partial charge in [0, 0.05) is 19.1 Å². The Morgan fingerprint density at radius 2 is 1.58 bits per heavy atom. The molecule has 0 aliphatic heterocycles. The van der Waals surface area contributed by atoms with Crippen molar-refractivity contribution in [3.8, 4) is 0 Å². The number of aliphatic carboxylic acids is 1. The number of sulfonamides is 1. The molecule has 0 aliphatic carbocycles. The average molecular weight is 392 g/mol. The van der Waals surface area contributed by atoms with Crippen molar-refractivity contribution >= 4 is 16.0 Å². The summed E-state index contributed by atoms with van der Waals surface area (Å²) in [7, 11) is -3.26. The van der Waals surface area contributed by atoms with Crippen LogP contribution in [0.1, 0.15) is 63.0 Å². The zero-order valence-corrected chi connectivity index (χ0v) is 19.2. The first-order chi connectivity index (χ1) is 11.8. The van der Waals surface area contributed by atoms with Crippen LogP contribution in [0, 0.1) is 0 Å². The molecule has 7 heteroatoms. The predicted octanol–water partition coefficient (Wildman–Crippen LogP) is -0.505. The van der Waals surface area contributed by atoms with Crippen molar-refractivity contribution in [3.05, 3.63) is 35.4 Å². The second-order valence-corrected chi connectivity index (χ2v) is 8.54. The number of carbonyl (C=O) groups is 1. The van der Waals surface area contributed by atoms with Gasteiger partial charge in [-0.3, -0.25) is 0 Å². The number of carboxylic acids is 1. The van der Waals surface area contributed by atoms with E-state index in [0.29, 0.717) is 19.5 Å². The predicted molar refractivity (Wildman–Crippen MR) is 98.4 cm³/mol. The number of aryl methyl sites for hydroxylation is 1. The standard InChI is InChI=1S/C19H31NO4S.Na/c1-3-4-9-17-11-13-18(14-12-17)16-20(25(2,23)24)15-8-6-5-7-10-19(21)22;/h11-14H,3-10,15-16H2,1-2H3,(H,21,22);/q;+1/p-1. The van der Waals surface area contributed by atoms with Gasteiger partial charge in [0.2, 0.25) is 10.0 Å². The van der Waals surface area contributed by atoms with E-state index in [1.165, 1.54) is 16.1 Å². The van der Waals surface area contributed by atoms with E-state index >= 15 is 0 Å². The van der Waals surface area contributed by atoms with Crippen molar-refractivity contribution in [2.45, 2.75) is 64.8 Å². The fourth-order valence-corrected chi connectivity index (χ4v) is 3.51. The summed E-state index contributed by atoms with van der Waals surface area (Å²) in [6.07, 6.45) is 7.58. The molecule has 0 fully saturated rings. The van der Waals surface area contributed by atoms with E-state index in [0.717, 1.165) is 44.1 Å². The topological polar surface area (TPSA) is 77.5 Å². The molecule has 1 aromatic rings. The Balaban J connectivity index is 0.00000625. The third-order valence-corrected chi connectivity index (χ3v) is 5.46. The minimum absolute atomic E-state index is 0. The Bertz CT molecular complexity index is 617. The molecule has 0 saturated heterocycles. The summed E-state index contributed by atoms with van der Waals surface area (Å²) < 4.78 is 25.5. The zero-order valence-electron chi connectivity index (χ0n) is 16.4. The van der Waals surface area contributed by atoms with Crippen molar-refractivity contribution < 1.29 is 47.9 Å². The van der Waals surface area contributed by atoms with E-state index < -0.39 is 16.0 Å². The minimum Gasteiger partial charge on any atom is -0.550 e. The quantitative estimate of drug-likeness (QED) is 0.335. The maximum absolute atomic E-state index is 12.0. The minimum atomic E-state index is -3.26. The smallest absolute Gasteiger partial charge is 0.550 e. The van der Waals surface area contributed by atoms with Crippen LogP contribution in [-0.4, -0.2) is 31.5 Å². The molecule has 1 aromatic carbocycles.